The molecular weight excluding hydrogens is 290 g/mol. The summed E-state index contributed by atoms with van der Waals surface area (Å²) in [7, 11) is -3.58. The van der Waals surface area contributed by atoms with Crippen molar-refractivity contribution in [2.24, 2.45) is 0 Å². The van der Waals surface area contributed by atoms with E-state index in [0.717, 1.165) is 30.5 Å². The monoisotopic (exact) mass is 313 g/mol. The van der Waals surface area contributed by atoms with Crippen molar-refractivity contribution in [3.05, 3.63) is 29.6 Å². The summed E-state index contributed by atoms with van der Waals surface area (Å²) in [6.45, 7) is 2.52. The molecule has 0 amide bonds. The number of aromatic nitrogens is 1. The largest absolute Gasteiger partial charge is 0.395 e. The van der Waals surface area contributed by atoms with Gasteiger partial charge in [0.05, 0.1) is 18.8 Å². The molecule has 1 aliphatic heterocycles. The van der Waals surface area contributed by atoms with E-state index in [-0.39, 0.29) is 19.2 Å². The van der Waals surface area contributed by atoms with Crippen LogP contribution in [0, 0.1) is 0 Å². The molecule has 1 aromatic rings. The van der Waals surface area contributed by atoms with Crippen molar-refractivity contribution in [2.75, 3.05) is 13.2 Å². The smallest absolute Gasteiger partial charge is 0.280 e. The van der Waals surface area contributed by atoms with Gasteiger partial charge >= 0.3 is 0 Å². The van der Waals surface area contributed by atoms with Crippen molar-refractivity contribution in [2.45, 2.75) is 45.2 Å². The van der Waals surface area contributed by atoms with Gasteiger partial charge in [0.1, 0.15) is 0 Å². The number of aliphatic hydroxyl groups excluding tert-OH is 1. The molecule has 1 aromatic heterocycles. The van der Waals surface area contributed by atoms with Crippen LogP contribution in [0.2, 0.25) is 0 Å². The van der Waals surface area contributed by atoms with Crippen LogP contribution in [-0.2, 0) is 23.2 Å². The molecule has 118 valence electrons. The third kappa shape index (κ3) is 4.00. The Hall–Kier alpha value is -1.02. The zero-order valence-corrected chi connectivity index (χ0v) is 13.1. The molecule has 0 aliphatic carbocycles. The van der Waals surface area contributed by atoms with Gasteiger partial charge in [0.25, 0.3) is 10.2 Å². The van der Waals surface area contributed by atoms with Crippen molar-refractivity contribution < 1.29 is 13.5 Å². The van der Waals surface area contributed by atoms with Crippen LogP contribution in [0.15, 0.2) is 18.3 Å². The lowest BCUT2D eigenvalue weighted by Crippen LogP contribution is -2.50. The lowest BCUT2D eigenvalue weighted by atomic mass is 10.1. The molecule has 7 heteroatoms. The normalized spacial score (nSPS) is 20.6. The number of nitrogens with one attached hydrogen (secondary N) is 1. The van der Waals surface area contributed by atoms with Crippen LogP contribution in [-0.4, -0.2) is 42.0 Å². The average molecular weight is 313 g/mol. The van der Waals surface area contributed by atoms with Crippen LogP contribution >= 0.6 is 0 Å². The molecule has 0 spiro atoms. The minimum Gasteiger partial charge on any atom is -0.395 e. The first-order valence-corrected chi connectivity index (χ1v) is 8.82. The molecule has 0 saturated carbocycles. The van der Waals surface area contributed by atoms with Crippen molar-refractivity contribution in [3.8, 4) is 0 Å². The van der Waals surface area contributed by atoms with Crippen molar-refractivity contribution in [1.82, 2.24) is 14.0 Å². The highest BCUT2D eigenvalue weighted by Gasteiger charge is 2.31. The zero-order chi connectivity index (χ0) is 15.3. The maximum absolute atomic E-state index is 12.4. The lowest BCUT2D eigenvalue weighted by Gasteiger charge is -2.33. The lowest BCUT2D eigenvalue weighted by molar-refractivity contribution is 0.154. The van der Waals surface area contributed by atoms with Crippen LogP contribution in [0.4, 0.5) is 0 Å². The molecule has 21 heavy (non-hydrogen) atoms. The van der Waals surface area contributed by atoms with Gasteiger partial charge in [0, 0.05) is 18.8 Å². The van der Waals surface area contributed by atoms with Gasteiger partial charge in [-0.2, -0.15) is 17.4 Å². The Morgan fingerprint density at radius 1 is 1.48 bits per heavy atom. The molecular formula is C14H23N3O3S. The number of hydrogen-bond acceptors (Lipinski definition) is 4. The van der Waals surface area contributed by atoms with Crippen LogP contribution < -0.4 is 4.72 Å². The summed E-state index contributed by atoms with van der Waals surface area (Å²) in [6, 6.07) is 3.49. The van der Waals surface area contributed by atoms with Gasteiger partial charge < -0.3 is 5.11 Å². The van der Waals surface area contributed by atoms with Gasteiger partial charge in [-0.3, -0.25) is 4.98 Å². The van der Waals surface area contributed by atoms with Gasteiger partial charge in [-0.05, 0) is 30.9 Å². The molecule has 0 radical (unpaired) electrons. The van der Waals surface area contributed by atoms with Crippen LogP contribution in [0.5, 0.6) is 0 Å². The number of pyridine rings is 1. The van der Waals surface area contributed by atoms with Gasteiger partial charge in [-0.25, -0.2) is 0 Å². The molecule has 1 unspecified atom stereocenters. The summed E-state index contributed by atoms with van der Waals surface area (Å²) < 4.78 is 28.8. The number of aliphatic hydroxyl groups is 1. The summed E-state index contributed by atoms with van der Waals surface area (Å²) in [5, 5.41) is 9.35. The van der Waals surface area contributed by atoms with Gasteiger partial charge in [0.15, 0.2) is 0 Å². The van der Waals surface area contributed by atoms with Gasteiger partial charge in [0.2, 0.25) is 0 Å². The summed E-state index contributed by atoms with van der Waals surface area (Å²) >= 11 is 0. The molecule has 2 N–H and O–H groups in total. The Labute approximate surface area is 126 Å². The second-order valence-corrected chi connectivity index (χ2v) is 6.94. The standard InChI is InChI=1S/C14H23N3O3S/c1-2-12-6-5-8-15-14(12)10-16-21(19,20)17-9-4-3-7-13(17)11-18/h5-6,8,13,16,18H,2-4,7,9-11H2,1H3. The predicted octanol–water partition coefficient (Wildman–Crippen LogP) is 0.825. The minimum absolute atomic E-state index is 0.134. The fraction of sp³-hybridized carbons (Fsp3) is 0.643. The first kappa shape index (κ1) is 16.4. The van der Waals surface area contributed by atoms with E-state index in [0.29, 0.717) is 13.0 Å². The molecule has 6 nitrogen and oxygen atoms in total. The Balaban J connectivity index is 2.07. The third-order valence-corrected chi connectivity index (χ3v) is 5.49. The Morgan fingerprint density at radius 2 is 2.29 bits per heavy atom. The summed E-state index contributed by atoms with van der Waals surface area (Å²) in [4.78, 5) is 4.24. The molecule has 1 fully saturated rings. The second kappa shape index (κ2) is 7.31. The van der Waals surface area contributed by atoms with E-state index in [1.165, 1.54) is 4.31 Å². The molecule has 1 atom stereocenters. The van der Waals surface area contributed by atoms with Gasteiger partial charge in [-0.1, -0.05) is 19.4 Å². The van der Waals surface area contributed by atoms with E-state index in [2.05, 4.69) is 9.71 Å². The SMILES string of the molecule is CCc1cccnc1CNS(=O)(=O)N1CCCCC1CO. The molecule has 2 heterocycles. The first-order valence-electron chi connectivity index (χ1n) is 7.38. The zero-order valence-electron chi connectivity index (χ0n) is 12.3. The van der Waals surface area contributed by atoms with E-state index >= 15 is 0 Å². The second-order valence-electron chi connectivity index (χ2n) is 5.23. The van der Waals surface area contributed by atoms with Crippen LogP contribution in [0.1, 0.15) is 37.4 Å². The molecule has 1 saturated heterocycles. The van der Waals surface area contributed by atoms with Gasteiger partial charge in [-0.15, -0.1) is 0 Å². The van der Waals surface area contributed by atoms with Crippen molar-refractivity contribution >= 4 is 10.2 Å². The van der Waals surface area contributed by atoms with E-state index < -0.39 is 10.2 Å². The average Bonchev–Trinajstić information content (AvgIpc) is 2.53. The third-order valence-electron chi connectivity index (χ3n) is 3.88. The predicted molar refractivity (Wildman–Crippen MR) is 80.8 cm³/mol. The van der Waals surface area contributed by atoms with Crippen molar-refractivity contribution in [3.63, 3.8) is 0 Å². The molecule has 1 aliphatic rings. The molecule has 2 rings (SSSR count). The number of hydrogen-bond donors (Lipinski definition) is 2. The molecule has 0 bridgehead atoms. The number of aryl methyl sites for hydroxylation is 1. The topological polar surface area (TPSA) is 82.5 Å². The van der Waals surface area contributed by atoms with Crippen LogP contribution in [0.3, 0.4) is 0 Å². The highest BCUT2D eigenvalue weighted by atomic mass is 32.2. The summed E-state index contributed by atoms with van der Waals surface area (Å²) in [5.41, 5.74) is 1.79. The summed E-state index contributed by atoms with van der Waals surface area (Å²) in [6.07, 6.45) is 4.98. The van der Waals surface area contributed by atoms with Crippen LogP contribution in [0.25, 0.3) is 0 Å². The fourth-order valence-electron chi connectivity index (χ4n) is 2.67. The van der Waals surface area contributed by atoms with Crippen molar-refractivity contribution in [1.29, 1.82) is 0 Å². The van der Waals surface area contributed by atoms with E-state index in [4.69, 9.17) is 0 Å². The highest BCUT2D eigenvalue weighted by Crippen LogP contribution is 2.19. The number of rotatable bonds is 6. The minimum atomic E-state index is -3.58. The van der Waals surface area contributed by atoms with E-state index in [1.807, 2.05) is 19.1 Å². The number of nitrogens with zero attached hydrogens (tertiary/aromatic N) is 2. The van der Waals surface area contributed by atoms with E-state index in [1.54, 1.807) is 6.20 Å². The summed E-state index contributed by atoms with van der Waals surface area (Å²) in [5.74, 6) is 0. The maximum Gasteiger partial charge on any atom is 0.280 e. The first-order chi connectivity index (χ1) is 10.1. The number of piperidine rings is 1. The highest BCUT2D eigenvalue weighted by molar-refractivity contribution is 7.87. The Bertz CT molecular complexity index is 562. The molecule has 0 aromatic carbocycles. The maximum atomic E-state index is 12.4. The fourth-order valence-corrected chi connectivity index (χ4v) is 4.09. The van der Waals surface area contributed by atoms with E-state index in [9.17, 15) is 13.5 Å². The Morgan fingerprint density at radius 3 is 3.00 bits per heavy atom. The quantitative estimate of drug-likeness (QED) is 0.815. The Kier molecular flexibility index (Phi) is 5.69.